The number of ether oxygens (including phenoxy) is 1. The SMILES string of the molecule is Cc1ccc(NC(=O)c2ccc(COc3ccc4c(c3)[C@H](c3cccc(C)c3)N(C(=O)C3CC3)CC4)o2)cc1. The number of rotatable bonds is 7. The van der Waals surface area contributed by atoms with Gasteiger partial charge in [-0.2, -0.15) is 0 Å². The molecular formula is C33H32N2O4. The molecule has 2 amide bonds. The molecule has 0 spiro atoms. The Balaban J connectivity index is 1.19. The van der Waals surface area contributed by atoms with Crippen molar-refractivity contribution >= 4 is 17.5 Å². The molecular weight excluding hydrogens is 488 g/mol. The number of hydrogen-bond donors (Lipinski definition) is 1. The molecule has 2 heterocycles. The molecule has 0 radical (unpaired) electrons. The largest absolute Gasteiger partial charge is 0.486 e. The molecule has 6 rings (SSSR count). The molecule has 4 aromatic rings. The van der Waals surface area contributed by atoms with E-state index >= 15 is 0 Å². The first-order chi connectivity index (χ1) is 18.9. The quantitative estimate of drug-likeness (QED) is 0.298. The number of aryl methyl sites for hydroxylation is 2. The van der Waals surface area contributed by atoms with Crippen LogP contribution >= 0.6 is 0 Å². The van der Waals surface area contributed by atoms with Gasteiger partial charge in [0.15, 0.2) is 5.76 Å². The van der Waals surface area contributed by atoms with Gasteiger partial charge in [0.1, 0.15) is 18.1 Å². The maximum atomic E-state index is 13.3. The standard InChI is InChI=1S/C33H32N2O4/c1-21-6-11-26(12-7-21)34-32(36)30-15-14-28(39-30)20-38-27-13-10-23-16-17-35(33(37)24-8-9-24)31(29(23)19-27)25-5-3-4-22(2)18-25/h3-7,10-15,18-19,24,31H,8-9,16-17,20H2,1-2H3,(H,34,36)/t31-/m0/s1. The summed E-state index contributed by atoms with van der Waals surface area (Å²) in [6.07, 6.45) is 2.80. The normalized spacial score (nSPS) is 16.5. The third-order valence-electron chi connectivity index (χ3n) is 7.49. The molecule has 1 aromatic heterocycles. The number of amides is 2. The van der Waals surface area contributed by atoms with Crippen LogP contribution < -0.4 is 10.1 Å². The zero-order valence-electron chi connectivity index (χ0n) is 22.3. The Morgan fingerprint density at radius 2 is 1.77 bits per heavy atom. The molecule has 3 aromatic carbocycles. The van der Waals surface area contributed by atoms with E-state index in [1.807, 2.05) is 37.3 Å². The number of nitrogens with zero attached hydrogens (tertiary/aromatic N) is 1. The first-order valence-electron chi connectivity index (χ1n) is 13.5. The minimum Gasteiger partial charge on any atom is -0.486 e. The van der Waals surface area contributed by atoms with Gasteiger partial charge in [-0.05, 0) is 86.2 Å². The summed E-state index contributed by atoms with van der Waals surface area (Å²) >= 11 is 0. The smallest absolute Gasteiger partial charge is 0.291 e. The van der Waals surface area contributed by atoms with E-state index in [2.05, 4.69) is 53.5 Å². The van der Waals surface area contributed by atoms with Crippen LogP contribution in [0.4, 0.5) is 5.69 Å². The predicted octanol–water partition coefficient (Wildman–Crippen LogP) is 6.61. The number of carbonyl (C=O) groups is 2. The Labute approximate surface area is 228 Å². The van der Waals surface area contributed by atoms with Crippen molar-refractivity contribution in [1.82, 2.24) is 4.90 Å². The second kappa shape index (κ2) is 10.4. The van der Waals surface area contributed by atoms with Gasteiger partial charge < -0.3 is 19.4 Å². The van der Waals surface area contributed by atoms with Gasteiger partial charge in [0.2, 0.25) is 5.91 Å². The Morgan fingerprint density at radius 3 is 2.54 bits per heavy atom. The van der Waals surface area contributed by atoms with Crippen LogP contribution in [-0.2, 0) is 17.8 Å². The van der Waals surface area contributed by atoms with Crippen molar-refractivity contribution in [3.8, 4) is 5.75 Å². The Bertz CT molecular complexity index is 1520. The van der Waals surface area contributed by atoms with Crippen LogP contribution in [0.2, 0.25) is 0 Å². The van der Waals surface area contributed by atoms with Gasteiger partial charge in [0, 0.05) is 18.2 Å². The van der Waals surface area contributed by atoms with Crippen LogP contribution in [0.1, 0.15) is 63.0 Å². The number of anilines is 1. The van der Waals surface area contributed by atoms with E-state index in [4.69, 9.17) is 9.15 Å². The minimum absolute atomic E-state index is 0.133. The molecule has 1 atom stereocenters. The summed E-state index contributed by atoms with van der Waals surface area (Å²) in [6, 6.07) is 25.5. The highest BCUT2D eigenvalue weighted by atomic mass is 16.5. The van der Waals surface area contributed by atoms with E-state index in [0.29, 0.717) is 17.2 Å². The van der Waals surface area contributed by atoms with Gasteiger partial charge in [0.25, 0.3) is 5.91 Å². The third kappa shape index (κ3) is 5.46. The summed E-state index contributed by atoms with van der Waals surface area (Å²) in [6.45, 7) is 5.00. The lowest BCUT2D eigenvalue weighted by Gasteiger charge is -2.38. The maximum Gasteiger partial charge on any atom is 0.291 e. The lowest BCUT2D eigenvalue weighted by atomic mass is 9.87. The second-order valence-corrected chi connectivity index (χ2v) is 10.6. The number of carbonyl (C=O) groups excluding carboxylic acids is 2. The lowest BCUT2D eigenvalue weighted by molar-refractivity contribution is -0.134. The molecule has 39 heavy (non-hydrogen) atoms. The minimum atomic E-state index is -0.305. The van der Waals surface area contributed by atoms with Gasteiger partial charge in [-0.15, -0.1) is 0 Å². The van der Waals surface area contributed by atoms with Crippen molar-refractivity contribution in [3.05, 3.63) is 118 Å². The summed E-state index contributed by atoms with van der Waals surface area (Å²) in [5.74, 6) is 1.60. The van der Waals surface area contributed by atoms with Gasteiger partial charge in [-0.1, -0.05) is 53.6 Å². The fourth-order valence-electron chi connectivity index (χ4n) is 5.25. The van der Waals surface area contributed by atoms with Crippen LogP contribution in [0.25, 0.3) is 0 Å². The molecule has 1 aliphatic carbocycles. The number of furan rings is 1. The fourth-order valence-corrected chi connectivity index (χ4v) is 5.25. The van der Waals surface area contributed by atoms with Gasteiger partial charge in [-0.25, -0.2) is 0 Å². The van der Waals surface area contributed by atoms with Gasteiger partial charge in [0.05, 0.1) is 6.04 Å². The average molecular weight is 521 g/mol. The summed E-state index contributed by atoms with van der Waals surface area (Å²) in [5.41, 5.74) is 6.48. The summed E-state index contributed by atoms with van der Waals surface area (Å²) in [5, 5.41) is 2.85. The van der Waals surface area contributed by atoms with Crippen molar-refractivity contribution in [2.24, 2.45) is 5.92 Å². The number of hydrogen-bond acceptors (Lipinski definition) is 4. The van der Waals surface area contributed by atoms with Crippen molar-refractivity contribution in [1.29, 1.82) is 0 Å². The number of nitrogens with one attached hydrogen (secondary N) is 1. The van der Waals surface area contributed by atoms with Crippen molar-refractivity contribution < 1.29 is 18.7 Å². The van der Waals surface area contributed by atoms with Gasteiger partial charge in [-0.3, -0.25) is 9.59 Å². The van der Waals surface area contributed by atoms with Crippen LogP contribution in [0.5, 0.6) is 5.75 Å². The molecule has 6 nitrogen and oxygen atoms in total. The monoisotopic (exact) mass is 520 g/mol. The second-order valence-electron chi connectivity index (χ2n) is 10.6. The number of benzene rings is 3. The summed E-state index contributed by atoms with van der Waals surface area (Å²) in [4.78, 5) is 27.9. The molecule has 1 fully saturated rings. The zero-order chi connectivity index (χ0) is 26.9. The Kier molecular flexibility index (Phi) is 6.69. The molecule has 0 unspecified atom stereocenters. The van der Waals surface area contributed by atoms with Crippen LogP contribution in [-0.4, -0.2) is 23.3 Å². The number of fused-ring (bicyclic) bond motifs is 1. The maximum absolute atomic E-state index is 13.3. The van der Waals surface area contributed by atoms with E-state index in [9.17, 15) is 9.59 Å². The molecule has 6 heteroatoms. The van der Waals surface area contributed by atoms with E-state index in [-0.39, 0.29) is 36.1 Å². The van der Waals surface area contributed by atoms with Crippen LogP contribution in [0, 0.1) is 19.8 Å². The van der Waals surface area contributed by atoms with Crippen molar-refractivity contribution in [2.75, 3.05) is 11.9 Å². The Morgan fingerprint density at radius 1 is 0.949 bits per heavy atom. The van der Waals surface area contributed by atoms with E-state index in [1.54, 1.807) is 12.1 Å². The van der Waals surface area contributed by atoms with Crippen LogP contribution in [0.15, 0.2) is 83.3 Å². The first kappa shape index (κ1) is 25.0. The average Bonchev–Trinajstić information content (AvgIpc) is 3.69. The summed E-state index contributed by atoms with van der Waals surface area (Å²) < 4.78 is 11.9. The highest BCUT2D eigenvalue weighted by molar-refractivity contribution is 6.02. The van der Waals surface area contributed by atoms with E-state index < -0.39 is 0 Å². The van der Waals surface area contributed by atoms with E-state index in [0.717, 1.165) is 42.5 Å². The first-order valence-corrected chi connectivity index (χ1v) is 13.5. The predicted molar refractivity (Wildman–Crippen MR) is 150 cm³/mol. The molecule has 1 aliphatic heterocycles. The molecule has 1 N–H and O–H groups in total. The fraction of sp³-hybridized carbons (Fsp3) is 0.273. The van der Waals surface area contributed by atoms with Gasteiger partial charge >= 0.3 is 0 Å². The van der Waals surface area contributed by atoms with Crippen molar-refractivity contribution in [3.63, 3.8) is 0 Å². The van der Waals surface area contributed by atoms with Crippen LogP contribution in [0.3, 0.4) is 0 Å². The molecule has 1 saturated carbocycles. The highest BCUT2D eigenvalue weighted by Gasteiger charge is 2.39. The Hall–Kier alpha value is -4.32. The van der Waals surface area contributed by atoms with Crippen molar-refractivity contribution in [2.45, 2.75) is 45.8 Å². The molecule has 0 saturated heterocycles. The third-order valence-corrected chi connectivity index (χ3v) is 7.49. The highest BCUT2D eigenvalue weighted by Crippen LogP contribution is 2.41. The topological polar surface area (TPSA) is 71.8 Å². The van der Waals surface area contributed by atoms with E-state index in [1.165, 1.54) is 11.1 Å². The lowest BCUT2D eigenvalue weighted by Crippen LogP contribution is -2.41. The summed E-state index contributed by atoms with van der Waals surface area (Å²) in [7, 11) is 0. The zero-order valence-corrected chi connectivity index (χ0v) is 22.3. The molecule has 2 aliphatic rings. The molecule has 0 bridgehead atoms. The molecule has 198 valence electrons.